The van der Waals surface area contributed by atoms with Gasteiger partial charge in [-0.15, -0.1) is 0 Å². The van der Waals surface area contributed by atoms with E-state index in [0.29, 0.717) is 0 Å². The van der Waals surface area contributed by atoms with Crippen LogP contribution in [0.2, 0.25) is 36.3 Å². The summed E-state index contributed by atoms with van der Waals surface area (Å²) in [4.78, 5) is 7.82. The number of hydrogen-bond donors (Lipinski definition) is 2. The van der Waals surface area contributed by atoms with Crippen LogP contribution in [0.1, 0.15) is 41.5 Å². The van der Waals surface area contributed by atoms with Crippen molar-refractivity contribution in [3.8, 4) is 11.1 Å². The normalized spacial score (nSPS) is 12.1. The first kappa shape index (κ1) is 22.8. The molecule has 0 aliphatic carbocycles. The van der Waals surface area contributed by atoms with Crippen LogP contribution in [-0.4, -0.2) is 16.5 Å². The highest BCUT2D eigenvalue weighted by Crippen LogP contribution is 2.28. The smallest absolute Gasteiger partial charge is 0.152 e. The summed E-state index contributed by atoms with van der Waals surface area (Å²) < 4.78 is 0. The van der Waals surface area contributed by atoms with E-state index in [9.17, 15) is 0 Å². The maximum Gasteiger partial charge on any atom is 0.152 e. The maximum atomic E-state index is 3.91. The van der Waals surface area contributed by atoms with Gasteiger partial charge < -0.3 is 9.96 Å². The van der Waals surface area contributed by atoms with Gasteiger partial charge in [-0.25, -0.2) is 0 Å². The van der Waals surface area contributed by atoms with Crippen molar-refractivity contribution in [2.24, 2.45) is 0 Å². The minimum absolute atomic E-state index is 1.28. The van der Waals surface area contributed by atoms with Crippen LogP contribution in [0.3, 0.4) is 0 Å². The van der Waals surface area contributed by atoms with Crippen LogP contribution in [0.15, 0.2) is 48.5 Å². The summed E-state index contributed by atoms with van der Waals surface area (Å²) in [5.41, 5.74) is 5.14. The largest absolute Gasteiger partial charge is 0.410 e. The van der Waals surface area contributed by atoms with Crippen molar-refractivity contribution >= 4 is 27.8 Å². The second kappa shape index (κ2) is 10.3. The molecular weight excluding hydrogens is 372 g/mol. The summed E-state index contributed by atoms with van der Waals surface area (Å²) in [6.07, 6.45) is 0. The van der Waals surface area contributed by atoms with E-state index < -0.39 is 16.5 Å². The van der Waals surface area contributed by atoms with Crippen LogP contribution < -0.4 is 9.96 Å². The lowest BCUT2D eigenvalue weighted by Gasteiger charge is -2.30. The molecule has 154 valence electrons. The highest BCUT2D eigenvalue weighted by molar-refractivity contribution is 6.83. The molecule has 2 aromatic rings. The average Bonchev–Trinajstić information content (AvgIpc) is 2.77. The van der Waals surface area contributed by atoms with Crippen molar-refractivity contribution in [1.82, 2.24) is 0 Å². The fourth-order valence-corrected chi connectivity index (χ4v) is 9.75. The van der Waals surface area contributed by atoms with Crippen molar-refractivity contribution in [2.75, 3.05) is 9.96 Å². The summed E-state index contributed by atoms with van der Waals surface area (Å²) in [7, 11) is -2.70. The molecule has 0 fully saturated rings. The van der Waals surface area contributed by atoms with Crippen LogP contribution in [0.25, 0.3) is 11.1 Å². The van der Waals surface area contributed by atoms with Crippen molar-refractivity contribution in [1.29, 1.82) is 0 Å². The molecule has 0 spiro atoms. The molecule has 0 bridgehead atoms. The molecule has 0 heterocycles. The Bertz CT molecular complexity index is 622. The van der Waals surface area contributed by atoms with Gasteiger partial charge in [0.25, 0.3) is 0 Å². The Labute approximate surface area is 175 Å². The molecule has 28 heavy (non-hydrogen) atoms. The minimum Gasteiger partial charge on any atom is -0.410 e. The number of rotatable bonds is 11. The second-order valence-electron chi connectivity index (χ2n) is 8.09. The third kappa shape index (κ3) is 5.29. The Kier molecular flexibility index (Phi) is 8.38. The van der Waals surface area contributed by atoms with Gasteiger partial charge in [-0.3, -0.25) is 0 Å². The van der Waals surface area contributed by atoms with E-state index in [-0.39, 0.29) is 0 Å². The van der Waals surface area contributed by atoms with E-state index in [1.54, 1.807) is 0 Å². The fourth-order valence-electron chi connectivity index (χ4n) is 4.13. The lowest BCUT2D eigenvalue weighted by Crippen LogP contribution is -2.41. The van der Waals surface area contributed by atoms with Crippen LogP contribution in [0, 0.1) is 0 Å². The van der Waals surface area contributed by atoms with Crippen molar-refractivity contribution in [3.63, 3.8) is 0 Å². The molecule has 0 aromatic heterocycles. The minimum atomic E-state index is -1.35. The van der Waals surface area contributed by atoms with E-state index in [1.165, 1.54) is 58.8 Å². The zero-order chi connectivity index (χ0) is 20.6. The lowest BCUT2D eigenvalue weighted by atomic mass is 10.1. The first-order valence-corrected chi connectivity index (χ1v) is 16.5. The van der Waals surface area contributed by atoms with Gasteiger partial charge in [0.05, 0.1) is 0 Å². The van der Waals surface area contributed by atoms with Gasteiger partial charge in [0, 0.05) is 11.4 Å². The third-order valence-electron chi connectivity index (χ3n) is 6.98. The van der Waals surface area contributed by atoms with Gasteiger partial charge in [0.15, 0.2) is 16.5 Å². The molecule has 0 unspecified atom stereocenters. The lowest BCUT2D eigenvalue weighted by molar-refractivity contribution is 1.17. The van der Waals surface area contributed by atoms with E-state index in [4.69, 9.17) is 0 Å². The van der Waals surface area contributed by atoms with Crippen LogP contribution in [0.4, 0.5) is 11.4 Å². The Balaban J connectivity index is 2.12. The highest BCUT2D eigenvalue weighted by atomic mass is 28.3. The molecule has 0 saturated heterocycles. The van der Waals surface area contributed by atoms with Crippen molar-refractivity contribution < 1.29 is 0 Å². The summed E-state index contributed by atoms with van der Waals surface area (Å²) in [6.45, 7) is 14.0. The van der Waals surface area contributed by atoms with Gasteiger partial charge in [-0.1, -0.05) is 65.8 Å². The Morgan fingerprint density at radius 2 is 0.714 bits per heavy atom. The average molecular weight is 413 g/mol. The molecular formula is C24H40N2Si2. The highest BCUT2D eigenvalue weighted by Gasteiger charge is 2.27. The van der Waals surface area contributed by atoms with Gasteiger partial charge in [-0.2, -0.15) is 0 Å². The molecule has 0 aliphatic heterocycles. The summed E-state index contributed by atoms with van der Waals surface area (Å²) in [5.74, 6) is 0. The zero-order valence-corrected chi connectivity index (χ0v) is 20.9. The molecule has 0 saturated carbocycles. The number of anilines is 2. The number of hydrogen-bond acceptors (Lipinski definition) is 2. The Hall–Kier alpha value is -1.53. The first-order chi connectivity index (χ1) is 13.5. The summed E-state index contributed by atoms with van der Waals surface area (Å²) >= 11 is 0. The van der Waals surface area contributed by atoms with Crippen LogP contribution in [0.5, 0.6) is 0 Å². The topological polar surface area (TPSA) is 24.1 Å². The monoisotopic (exact) mass is 412 g/mol. The Morgan fingerprint density at radius 1 is 0.464 bits per heavy atom. The van der Waals surface area contributed by atoms with E-state index in [2.05, 4.69) is 100 Å². The predicted octanol–water partition coefficient (Wildman–Crippen LogP) is 8.19. The molecule has 0 radical (unpaired) electrons. The molecule has 0 aliphatic rings. The maximum absolute atomic E-state index is 3.91. The molecule has 2 nitrogen and oxygen atoms in total. The molecule has 4 heteroatoms. The first-order valence-electron chi connectivity index (χ1n) is 11.3. The zero-order valence-electron chi connectivity index (χ0n) is 18.9. The fraction of sp³-hybridized carbons (Fsp3) is 0.500. The van der Waals surface area contributed by atoms with Gasteiger partial charge >= 0.3 is 0 Å². The standard InChI is InChI=1S/C24H40N2Si2/c1-7-27(8-2,9-3)25-23-17-13-21(14-18-23)22-15-19-24(20-16-22)26-28(10-4,11-5)12-6/h13-20,25-26H,7-12H2,1-6H3. The molecule has 2 aromatic carbocycles. The SMILES string of the molecule is CC[Si](CC)(CC)Nc1ccc(-c2ccc(N[Si](CC)(CC)CC)cc2)cc1. The van der Waals surface area contributed by atoms with Crippen molar-refractivity contribution in [3.05, 3.63) is 48.5 Å². The summed E-state index contributed by atoms with van der Waals surface area (Å²) in [6, 6.07) is 25.8. The van der Waals surface area contributed by atoms with Gasteiger partial charge in [0.2, 0.25) is 0 Å². The van der Waals surface area contributed by atoms with E-state index in [0.717, 1.165) is 0 Å². The van der Waals surface area contributed by atoms with Crippen LogP contribution in [-0.2, 0) is 0 Å². The van der Waals surface area contributed by atoms with Gasteiger partial charge in [0.1, 0.15) is 0 Å². The predicted molar refractivity (Wildman–Crippen MR) is 134 cm³/mol. The molecule has 0 amide bonds. The second-order valence-corrected chi connectivity index (χ2v) is 18.0. The molecule has 2 rings (SSSR count). The number of nitrogens with one attached hydrogen (secondary N) is 2. The third-order valence-corrected chi connectivity index (χ3v) is 16.7. The van der Waals surface area contributed by atoms with Crippen molar-refractivity contribution in [2.45, 2.75) is 77.8 Å². The quantitative estimate of drug-likeness (QED) is 0.363. The molecule has 2 N–H and O–H groups in total. The summed E-state index contributed by atoms with van der Waals surface area (Å²) in [5, 5.41) is 0. The Morgan fingerprint density at radius 3 is 0.929 bits per heavy atom. The van der Waals surface area contributed by atoms with Crippen LogP contribution >= 0.6 is 0 Å². The van der Waals surface area contributed by atoms with Gasteiger partial charge in [-0.05, 0) is 71.7 Å². The number of benzene rings is 2. The molecule has 0 atom stereocenters. The van der Waals surface area contributed by atoms with E-state index in [1.807, 2.05) is 0 Å². The van der Waals surface area contributed by atoms with E-state index >= 15 is 0 Å².